The summed E-state index contributed by atoms with van der Waals surface area (Å²) in [4.78, 5) is 0. The fourth-order valence-electron chi connectivity index (χ4n) is 2.69. The summed E-state index contributed by atoms with van der Waals surface area (Å²) in [5.41, 5.74) is 6.89. The highest BCUT2D eigenvalue weighted by Gasteiger charge is 2.64. The van der Waals surface area contributed by atoms with Crippen molar-refractivity contribution < 1.29 is 10.2 Å². The predicted octanol–water partition coefficient (Wildman–Crippen LogP) is 1.62. The molecule has 15 heavy (non-hydrogen) atoms. The third-order valence-electron chi connectivity index (χ3n) is 4.02. The van der Waals surface area contributed by atoms with Gasteiger partial charge < -0.3 is 15.9 Å². The number of phenols is 2. The van der Waals surface area contributed by atoms with Gasteiger partial charge in [-0.2, -0.15) is 0 Å². The van der Waals surface area contributed by atoms with E-state index in [0.717, 1.165) is 31.2 Å². The van der Waals surface area contributed by atoms with E-state index in [1.54, 1.807) is 6.07 Å². The Balaban J connectivity index is 2.10. The van der Waals surface area contributed by atoms with Crippen LogP contribution in [0.1, 0.15) is 31.2 Å². The number of aromatic hydroxyl groups is 2. The zero-order valence-electron chi connectivity index (χ0n) is 8.53. The molecule has 1 aromatic rings. The minimum absolute atomic E-state index is 0.0201. The second-order valence-electron chi connectivity index (χ2n) is 4.91. The van der Waals surface area contributed by atoms with Crippen molar-refractivity contribution >= 4 is 0 Å². The summed E-state index contributed by atoms with van der Waals surface area (Å²) < 4.78 is 0. The smallest absolute Gasteiger partial charge is 0.161 e. The van der Waals surface area contributed by atoms with Gasteiger partial charge in [0.1, 0.15) is 0 Å². The fraction of sp³-hybridized carbons (Fsp3) is 0.500. The normalized spacial score (nSPS) is 24.9. The predicted molar refractivity (Wildman–Crippen MR) is 56.8 cm³/mol. The first-order valence-corrected chi connectivity index (χ1v) is 5.39. The molecule has 0 aromatic heterocycles. The third kappa shape index (κ3) is 1.04. The van der Waals surface area contributed by atoms with E-state index in [2.05, 4.69) is 0 Å². The molecule has 0 aliphatic heterocycles. The maximum absolute atomic E-state index is 9.86. The molecule has 2 fully saturated rings. The van der Waals surface area contributed by atoms with E-state index in [1.807, 2.05) is 6.07 Å². The van der Waals surface area contributed by atoms with Gasteiger partial charge in [0.2, 0.25) is 0 Å². The second-order valence-corrected chi connectivity index (χ2v) is 4.91. The molecule has 0 spiro atoms. The van der Waals surface area contributed by atoms with Crippen LogP contribution in [0.5, 0.6) is 11.5 Å². The highest BCUT2D eigenvalue weighted by atomic mass is 16.3. The van der Waals surface area contributed by atoms with Gasteiger partial charge in [-0.1, -0.05) is 12.1 Å². The summed E-state index contributed by atoms with van der Waals surface area (Å²) >= 11 is 0. The van der Waals surface area contributed by atoms with Gasteiger partial charge in [0, 0.05) is 16.5 Å². The molecule has 0 atom stereocenters. The molecular weight excluding hydrogens is 190 g/mol. The van der Waals surface area contributed by atoms with Gasteiger partial charge in [0.15, 0.2) is 11.5 Å². The van der Waals surface area contributed by atoms with E-state index in [9.17, 15) is 10.2 Å². The molecule has 0 saturated heterocycles. The average molecular weight is 205 g/mol. The van der Waals surface area contributed by atoms with Crippen molar-refractivity contribution in [2.24, 2.45) is 5.73 Å². The Bertz CT molecular complexity index is 420. The van der Waals surface area contributed by atoms with Gasteiger partial charge in [-0.3, -0.25) is 0 Å². The van der Waals surface area contributed by atoms with Crippen LogP contribution in [0.2, 0.25) is 0 Å². The summed E-state index contributed by atoms with van der Waals surface area (Å²) in [6.45, 7) is 0. The Kier molecular flexibility index (Phi) is 1.49. The van der Waals surface area contributed by atoms with Gasteiger partial charge in [0.05, 0.1) is 0 Å². The molecule has 1 aromatic carbocycles. The summed E-state index contributed by atoms with van der Waals surface area (Å²) in [6.07, 6.45) is 4.12. The number of rotatable bonds is 2. The summed E-state index contributed by atoms with van der Waals surface area (Å²) in [7, 11) is 0. The number of hydrogen-bond acceptors (Lipinski definition) is 3. The minimum Gasteiger partial charge on any atom is -0.504 e. The van der Waals surface area contributed by atoms with Crippen LogP contribution in [0, 0.1) is 0 Å². The van der Waals surface area contributed by atoms with Crippen LogP contribution in [-0.4, -0.2) is 15.8 Å². The van der Waals surface area contributed by atoms with Crippen molar-refractivity contribution in [3.05, 3.63) is 23.8 Å². The van der Waals surface area contributed by atoms with Gasteiger partial charge in [0.25, 0.3) is 0 Å². The van der Waals surface area contributed by atoms with Crippen LogP contribution in [-0.2, 0) is 5.41 Å². The van der Waals surface area contributed by atoms with Crippen molar-refractivity contribution in [3.63, 3.8) is 0 Å². The largest absolute Gasteiger partial charge is 0.504 e. The maximum atomic E-state index is 9.86. The van der Waals surface area contributed by atoms with E-state index in [1.165, 1.54) is 6.07 Å². The number of hydrogen-bond donors (Lipinski definition) is 3. The van der Waals surface area contributed by atoms with Crippen LogP contribution in [0.4, 0.5) is 0 Å². The van der Waals surface area contributed by atoms with Crippen LogP contribution >= 0.6 is 0 Å². The Morgan fingerprint density at radius 1 is 1.07 bits per heavy atom. The van der Waals surface area contributed by atoms with Gasteiger partial charge in [-0.25, -0.2) is 0 Å². The zero-order valence-corrected chi connectivity index (χ0v) is 8.53. The van der Waals surface area contributed by atoms with Gasteiger partial charge >= 0.3 is 0 Å². The van der Waals surface area contributed by atoms with Gasteiger partial charge in [-0.15, -0.1) is 0 Å². The van der Waals surface area contributed by atoms with Crippen LogP contribution < -0.4 is 5.73 Å². The van der Waals surface area contributed by atoms with E-state index < -0.39 is 0 Å². The maximum Gasteiger partial charge on any atom is 0.161 e. The minimum atomic E-state index is -0.127. The molecule has 4 N–H and O–H groups in total. The molecule has 0 heterocycles. The monoisotopic (exact) mass is 205 g/mol. The Morgan fingerprint density at radius 3 is 2.27 bits per heavy atom. The van der Waals surface area contributed by atoms with Gasteiger partial charge in [-0.05, 0) is 31.7 Å². The topological polar surface area (TPSA) is 66.5 Å². The van der Waals surface area contributed by atoms with Crippen molar-refractivity contribution in [3.8, 4) is 11.5 Å². The molecule has 3 nitrogen and oxygen atoms in total. The fourth-order valence-corrected chi connectivity index (χ4v) is 2.69. The quantitative estimate of drug-likeness (QED) is 0.643. The Morgan fingerprint density at radius 2 is 1.73 bits per heavy atom. The highest BCUT2D eigenvalue weighted by Crippen LogP contribution is 2.65. The van der Waals surface area contributed by atoms with Crippen LogP contribution in [0.15, 0.2) is 18.2 Å². The molecule has 2 aliphatic rings. The van der Waals surface area contributed by atoms with E-state index in [4.69, 9.17) is 5.73 Å². The third-order valence-corrected chi connectivity index (χ3v) is 4.02. The lowest BCUT2D eigenvalue weighted by molar-refractivity contribution is 0.385. The average Bonchev–Trinajstić information content (AvgIpc) is 3.06. The summed E-state index contributed by atoms with van der Waals surface area (Å²) in [5, 5.41) is 19.3. The van der Waals surface area contributed by atoms with Crippen molar-refractivity contribution in [2.45, 2.75) is 36.6 Å². The molecule has 0 amide bonds. The molecule has 2 aliphatic carbocycles. The molecule has 2 saturated carbocycles. The number of phenolic OH excluding ortho intramolecular Hbond substituents is 2. The van der Waals surface area contributed by atoms with E-state index >= 15 is 0 Å². The lowest BCUT2D eigenvalue weighted by Crippen LogP contribution is -2.37. The second kappa shape index (κ2) is 2.47. The lowest BCUT2D eigenvalue weighted by atomic mass is 9.85. The number of nitrogens with two attached hydrogens (primary N) is 1. The summed E-state index contributed by atoms with van der Waals surface area (Å²) in [6, 6.07) is 5.16. The SMILES string of the molecule is NC1(C2(c3cccc(O)c3O)CC2)CC1. The van der Waals surface area contributed by atoms with Crippen molar-refractivity contribution in [1.29, 1.82) is 0 Å². The van der Waals surface area contributed by atoms with E-state index in [0.29, 0.717) is 0 Å². The molecule has 3 rings (SSSR count). The highest BCUT2D eigenvalue weighted by molar-refractivity contribution is 5.53. The first-order chi connectivity index (χ1) is 7.09. The van der Waals surface area contributed by atoms with E-state index in [-0.39, 0.29) is 22.5 Å². The molecule has 0 bridgehead atoms. The Hall–Kier alpha value is -1.22. The summed E-state index contributed by atoms with van der Waals surface area (Å²) in [5.74, 6) is -0.0187. The molecule has 80 valence electrons. The van der Waals surface area contributed by atoms with Crippen LogP contribution in [0.3, 0.4) is 0 Å². The Labute approximate surface area is 88.5 Å². The zero-order chi connectivity index (χ0) is 10.7. The standard InChI is InChI=1S/C12H15NO2/c13-12(6-7-12)11(4-5-11)8-2-1-3-9(14)10(8)15/h1-3,14-15H,4-7,13H2. The molecule has 0 radical (unpaired) electrons. The van der Waals surface area contributed by atoms with Crippen molar-refractivity contribution in [2.75, 3.05) is 0 Å². The first-order valence-electron chi connectivity index (χ1n) is 5.39. The van der Waals surface area contributed by atoms with Crippen molar-refractivity contribution in [1.82, 2.24) is 0 Å². The first kappa shape index (κ1) is 9.04. The molecule has 0 unspecified atom stereocenters. The lowest BCUT2D eigenvalue weighted by Gasteiger charge is -2.24. The number of para-hydroxylation sites is 1. The molecule has 3 heteroatoms. The molecular formula is C12H15NO2. The van der Waals surface area contributed by atoms with Crippen LogP contribution in [0.25, 0.3) is 0 Å². The number of benzene rings is 1.